The summed E-state index contributed by atoms with van der Waals surface area (Å²) in [6.45, 7) is 5.94. The Morgan fingerprint density at radius 2 is 2.11 bits per heavy atom. The molecule has 1 aromatic rings. The molecule has 3 N–H and O–H groups in total. The first-order valence-corrected chi connectivity index (χ1v) is 6.90. The lowest BCUT2D eigenvalue weighted by molar-refractivity contribution is -0.121. The van der Waals surface area contributed by atoms with Crippen LogP contribution in [-0.2, 0) is 11.2 Å². The minimum atomic E-state index is -0.0212. The van der Waals surface area contributed by atoms with Crippen LogP contribution < -0.4 is 11.1 Å². The van der Waals surface area contributed by atoms with Crippen molar-refractivity contribution in [3.05, 3.63) is 16.1 Å². The first kappa shape index (κ1) is 20.9. The summed E-state index contributed by atoms with van der Waals surface area (Å²) in [4.78, 5) is 16.1. The lowest BCUT2D eigenvalue weighted by Crippen LogP contribution is -2.28. The minimum Gasteiger partial charge on any atom is -0.348 e. The maximum absolute atomic E-state index is 11.6. The van der Waals surface area contributed by atoms with Gasteiger partial charge in [0.05, 0.1) is 16.7 Å². The summed E-state index contributed by atoms with van der Waals surface area (Å²) in [5.74, 6) is 0.0425. The molecule has 0 bridgehead atoms. The number of nitrogens with two attached hydrogens (primary N) is 1. The van der Waals surface area contributed by atoms with E-state index in [0.29, 0.717) is 6.42 Å². The molecule has 0 aromatic carbocycles. The Bertz CT molecular complexity index is 372. The zero-order valence-electron chi connectivity index (χ0n) is 11.5. The van der Waals surface area contributed by atoms with Crippen molar-refractivity contribution in [3.8, 4) is 0 Å². The second-order valence-electron chi connectivity index (χ2n) is 4.32. The predicted octanol–water partition coefficient (Wildman–Crippen LogP) is 2.85. The van der Waals surface area contributed by atoms with Crippen molar-refractivity contribution < 1.29 is 4.79 Å². The zero-order valence-corrected chi connectivity index (χ0v) is 14.0. The fraction of sp³-hybridized carbons (Fsp3) is 0.667. The van der Waals surface area contributed by atoms with E-state index in [1.165, 1.54) is 0 Å². The van der Waals surface area contributed by atoms with Crippen LogP contribution in [0.15, 0.2) is 5.38 Å². The van der Waals surface area contributed by atoms with Gasteiger partial charge in [-0.1, -0.05) is 6.92 Å². The second kappa shape index (κ2) is 10.4. The number of aromatic nitrogens is 1. The van der Waals surface area contributed by atoms with E-state index in [1.54, 1.807) is 11.3 Å². The molecule has 0 radical (unpaired) electrons. The van der Waals surface area contributed by atoms with Gasteiger partial charge in [-0.2, -0.15) is 0 Å². The normalized spacial score (nSPS) is 12.8. The van der Waals surface area contributed by atoms with E-state index in [0.717, 1.165) is 23.5 Å². The predicted molar refractivity (Wildman–Crippen MR) is 85.4 cm³/mol. The fourth-order valence-electron chi connectivity index (χ4n) is 1.43. The Kier molecular flexibility index (Phi) is 11.5. The van der Waals surface area contributed by atoms with E-state index >= 15 is 0 Å². The summed E-state index contributed by atoms with van der Waals surface area (Å²) < 4.78 is 0. The van der Waals surface area contributed by atoms with Crippen molar-refractivity contribution in [2.75, 3.05) is 0 Å². The van der Waals surface area contributed by atoms with E-state index in [4.69, 9.17) is 5.73 Å². The van der Waals surface area contributed by atoms with Crippen LogP contribution in [0.25, 0.3) is 0 Å². The third-order valence-corrected chi connectivity index (χ3v) is 3.53. The molecular formula is C12H23Cl2N3OS. The summed E-state index contributed by atoms with van der Waals surface area (Å²) in [5, 5.41) is 6.06. The Hall–Kier alpha value is -0.360. The average Bonchev–Trinajstić information content (AvgIpc) is 2.74. The highest BCUT2D eigenvalue weighted by molar-refractivity contribution is 7.09. The summed E-state index contributed by atoms with van der Waals surface area (Å²) in [6.07, 6.45) is 2.14. The van der Waals surface area contributed by atoms with Gasteiger partial charge in [0.25, 0.3) is 0 Å². The van der Waals surface area contributed by atoms with E-state index in [9.17, 15) is 4.79 Å². The highest BCUT2D eigenvalue weighted by Crippen LogP contribution is 2.17. The van der Waals surface area contributed by atoms with Crippen molar-refractivity contribution in [1.29, 1.82) is 0 Å². The zero-order chi connectivity index (χ0) is 12.8. The van der Waals surface area contributed by atoms with E-state index in [1.807, 2.05) is 19.2 Å². The van der Waals surface area contributed by atoms with E-state index in [2.05, 4.69) is 17.2 Å². The topological polar surface area (TPSA) is 68.0 Å². The number of thiazole rings is 1. The molecule has 0 saturated heterocycles. The van der Waals surface area contributed by atoms with Crippen molar-refractivity contribution in [3.63, 3.8) is 0 Å². The van der Waals surface area contributed by atoms with Gasteiger partial charge >= 0.3 is 0 Å². The van der Waals surface area contributed by atoms with Gasteiger partial charge in [0.2, 0.25) is 5.91 Å². The van der Waals surface area contributed by atoms with Crippen LogP contribution in [0.2, 0.25) is 0 Å². The number of carbonyl (C=O) groups is 1. The van der Waals surface area contributed by atoms with Crippen LogP contribution >= 0.6 is 36.2 Å². The molecule has 2 unspecified atom stereocenters. The van der Waals surface area contributed by atoms with Gasteiger partial charge in [0.15, 0.2) is 0 Å². The number of hydrogen-bond donors (Lipinski definition) is 2. The van der Waals surface area contributed by atoms with Gasteiger partial charge < -0.3 is 11.1 Å². The molecule has 112 valence electrons. The standard InChI is InChI=1S/C12H21N3OS.2ClH/c1-4-12-15-10(7-17-12)9(3)14-11(16)6-5-8(2)13;;/h7-9H,4-6,13H2,1-3H3,(H,14,16);2*1H. The molecule has 4 nitrogen and oxygen atoms in total. The van der Waals surface area contributed by atoms with Crippen LogP contribution in [0.5, 0.6) is 0 Å². The largest absolute Gasteiger partial charge is 0.348 e. The molecule has 1 rings (SSSR count). The number of rotatable bonds is 6. The lowest BCUT2D eigenvalue weighted by Gasteiger charge is -2.12. The van der Waals surface area contributed by atoms with Gasteiger partial charge in [0.1, 0.15) is 0 Å². The SMILES string of the molecule is CCc1nc(C(C)NC(=O)CCC(C)N)cs1.Cl.Cl. The first-order valence-electron chi connectivity index (χ1n) is 6.02. The number of hydrogen-bond acceptors (Lipinski definition) is 4. The van der Waals surface area contributed by atoms with Gasteiger partial charge in [0, 0.05) is 17.8 Å². The van der Waals surface area contributed by atoms with Crippen LogP contribution in [0.3, 0.4) is 0 Å². The Balaban J connectivity index is 0. The van der Waals surface area contributed by atoms with Crippen LogP contribution in [0.4, 0.5) is 0 Å². The summed E-state index contributed by atoms with van der Waals surface area (Å²) in [6, 6.07) is 0.0501. The van der Waals surface area contributed by atoms with Crippen molar-refractivity contribution in [2.45, 2.75) is 52.1 Å². The summed E-state index contributed by atoms with van der Waals surface area (Å²) in [7, 11) is 0. The Morgan fingerprint density at radius 1 is 1.47 bits per heavy atom. The molecule has 1 heterocycles. The molecule has 0 spiro atoms. The van der Waals surface area contributed by atoms with Crippen LogP contribution in [-0.4, -0.2) is 16.9 Å². The van der Waals surface area contributed by atoms with Gasteiger partial charge in [-0.15, -0.1) is 36.2 Å². The highest BCUT2D eigenvalue weighted by atomic mass is 35.5. The average molecular weight is 328 g/mol. The van der Waals surface area contributed by atoms with Gasteiger partial charge in [-0.3, -0.25) is 4.79 Å². The fourth-order valence-corrected chi connectivity index (χ4v) is 2.27. The molecule has 0 saturated carbocycles. The maximum Gasteiger partial charge on any atom is 0.220 e. The minimum absolute atomic E-state index is 0. The number of nitrogens with one attached hydrogen (secondary N) is 1. The van der Waals surface area contributed by atoms with E-state index in [-0.39, 0.29) is 42.8 Å². The van der Waals surface area contributed by atoms with Gasteiger partial charge in [-0.25, -0.2) is 4.98 Å². The Morgan fingerprint density at radius 3 is 2.58 bits per heavy atom. The first-order chi connectivity index (χ1) is 8.02. The summed E-state index contributed by atoms with van der Waals surface area (Å²) in [5.41, 5.74) is 6.56. The van der Waals surface area contributed by atoms with Crippen LogP contribution in [0.1, 0.15) is 50.4 Å². The molecule has 0 aliphatic rings. The number of aryl methyl sites for hydroxylation is 1. The maximum atomic E-state index is 11.6. The lowest BCUT2D eigenvalue weighted by atomic mass is 10.2. The molecule has 19 heavy (non-hydrogen) atoms. The molecule has 1 amide bonds. The van der Waals surface area contributed by atoms with Gasteiger partial charge in [-0.05, 0) is 26.7 Å². The summed E-state index contributed by atoms with van der Waals surface area (Å²) >= 11 is 1.64. The number of carbonyl (C=O) groups excluding carboxylic acids is 1. The number of amides is 1. The molecule has 0 aliphatic carbocycles. The molecular weight excluding hydrogens is 305 g/mol. The number of halogens is 2. The quantitative estimate of drug-likeness (QED) is 0.844. The molecule has 0 fully saturated rings. The van der Waals surface area contributed by atoms with Crippen LogP contribution in [0, 0.1) is 0 Å². The molecule has 7 heteroatoms. The monoisotopic (exact) mass is 327 g/mol. The second-order valence-corrected chi connectivity index (χ2v) is 5.27. The Labute approximate surface area is 131 Å². The van der Waals surface area contributed by atoms with Crippen molar-refractivity contribution >= 4 is 42.1 Å². The number of nitrogens with zero attached hydrogens (tertiary/aromatic N) is 1. The highest BCUT2D eigenvalue weighted by Gasteiger charge is 2.12. The smallest absolute Gasteiger partial charge is 0.220 e. The van der Waals surface area contributed by atoms with Crippen molar-refractivity contribution in [1.82, 2.24) is 10.3 Å². The van der Waals surface area contributed by atoms with Crippen molar-refractivity contribution in [2.24, 2.45) is 5.73 Å². The molecule has 1 aromatic heterocycles. The third kappa shape index (κ3) is 7.72. The molecule has 0 aliphatic heterocycles. The third-order valence-electron chi connectivity index (χ3n) is 2.52. The van der Waals surface area contributed by atoms with E-state index < -0.39 is 0 Å². The molecule has 2 atom stereocenters.